The molecular weight excluding hydrogens is 268 g/mol. The standard InChI is InChI=1S/C16H22N2O3/c1-5-8-18-16(19)12(3)21-15-10-13(9-11(2)17)6-7-14(15)20-4/h1,6-7,10-12H,8-9,17H2,2-4H3,(H,18,19). The van der Waals surface area contributed by atoms with E-state index in [-0.39, 0.29) is 18.5 Å². The first kappa shape index (κ1) is 16.9. The molecule has 1 amide bonds. The van der Waals surface area contributed by atoms with E-state index in [9.17, 15) is 4.79 Å². The average molecular weight is 290 g/mol. The van der Waals surface area contributed by atoms with E-state index in [0.717, 1.165) is 12.0 Å². The normalized spacial score (nSPS) is 12.9. The molecule has 0 aromatic heterocycles. The lowest BCUT2D eigenvalue weighted by molar-refractivity contribution is -0.127. The molecular formula is C16H22N2O3. The van der Waals surface area contributed by atoms with Crippen molar-refractivity contribution in [2.75, 3.05) is 13.7 Å². The molecule has 114 valence electrons. The van der Waals surface area contributed by atoms with Crippen molar-refractivity contribution in [2.45, 2.75) is 32.4 Å². The lowest BCUT2D eigenvalue weighted by Gasteiger charge is -2.17. The molecule has 0 fully saturated rings. The maximum absolute atomic E-state index is 11.8. The van der Waals surface area contributed by atoms with Crippen LogP contribution in [0, 0.1) is 12.3 Å². The Morgan fingerprint density at radius 1 is 1.43 bits per heavy atom. The number of amides is 1. The second-order valence-electron chi connectivity index (χ2n) is 4.85. The van der Waals surface area contributed by atoms with Gasteiger partial charge in [0.15, 0.2) is 17.6 Å². The van der Waals surface area contributed by atoms with Gasteiger partial charge in [-0.3, -0.25) is 4.79 Å². The molecule has 5 heteroatoms. The summed E-state index contributed by atoms with van der Waals surface area (Å²) in [6.07, 6.45) is 5.16. The molecule has 0 saturated heterocycles. The van der Waals surface area contributed by atoms with Crippen LogP contribution in [0.25, 0.3) is 0 Å². The fourth-order valence-corrected chi connectivity index (χ4v) is 1.84. The average Bonchev–Trinajstić information content (AvgIpc) is 2.44. The predicted molar refractivity (Wildman–Crippen MR) is 82.3 cm³/mol. The molecule has 3 N–H and O–H groups in total. The minimum atomic E-state index is -0.669. The molecule has 5 nitrogen and oxygen atoms in total. The Morgan fingerprint density at radius 2 is 2.14 bits per heavy atom. The van der Waals surface area contributed by atoms with Gasteiger partial charge in [0, 0.05) is 6.04 Å². The highest BCUT2D eigenvalue weighted by Gasteiger charge is 2.16. The van der Waals surface area contributed by atoms with Gasteiger partial charge < -0.3 is 20.5 Å². The molecule has 1 aromatic carbocycles. The molecule has 0 spiro atoms. The number of hydrogen-bond acceptors (Lipinski definition) is 4. The molecule has 0 bridgehead atoms. The third kappa shape index (κ3) is 5.36. The highest BCUT2D eigenvalue weighted by Crippen LogP contribution is 2.29. The molecule has 0 radical (unpaired) electrons. The summed E-state index contributed by atoms with van der Waals surface area (Å²) in [6, 6.07) is 5.62. The maximum atomic E-state index is 11.8. The van der Waals surface area contributed by atoms with Gasteiger partial charge in [-0.15, -0.1) is 6.42 Å². The highest BCUT2D eigenvalue weighted by atomic mass is 16.5. The van der Waals surface area contributed by atoms with Gasteiger partial charge in [0.25, 0.3) is 5.91 Å². The molecule has 1 rings (SSSR count). The smallest absolute Gasteiger partial charge is 0.261 e. The summed E-state index contributed by atoms with van der Waals surface area (Å²) in [5.74, 6) is 3.16. The second kappa shape index (κ2) is 8.18. The molecule has 1 aromatic rings. The number of carbonyl (C=O) groups excluding carboxylic acids is 1. The maximum Gasteiger partial charge on any atom is 0.261 e. The lowest BCUT2D eigenvalue weighted by atomic mass is 10.1. The molecule has 21 heavy (non-hydrogen) atoms. The van der Waals surface area contributed by atoms with Gasteiger partial charge in [-0.1, -0.05) is 12.0 Å². The van der Waals surface area contributed by atoms with Crippen LogP contribution >= 0.6 is 0 Å². The number of nitrogens with two attached hydrogens (primary N) is 1. The first-order valence-electron chi connectivity index (χ1n) is 6.78. The van der Waals surface area contributed by atoms with Crippen molar-refractivity contribution < 1.29 is 14.3 Å². The van der Waals surface area contributed by atoms with Gasteiger partial charge in [-0.05, 0) is 38.0 Å². The summed E-state index contributed by atoms with van der Waals surface area (Å²) >= 11 is 0. The van der Waals surface area contributed by atoms with Crippen LogP contribution in [0.4, 0.5) is 0 Å². The molecule has 0 aliphatic heterocycles. The van der Waals surface area contributed by atoms with Crippen molar-refractivity contribution in [2.24, 2.45) is 5.73 Å². The summed E-state index contributed by atoms with van der Waals surface area (Å²) < 4.78 is 10.9. The summed E-state index contributed by atoms with van der Waals surface area (Å²) in [4.78, 5) is 11.8. The molecule has 0 heterocycles. The summed E-state index contributed by atoms with van der Waals surface area (Å²) in [5.41, 5.74) is 6.82. The topological polar surface area (TPSA) is 73.6 Å². The number of carbonyl (C=O) groups is 1. The first-order valence-corrected chi connectivity index (χ1v) is 6.78. The van der Waals surface area contributed by atoms with E-state index in [4.69, 9.17) is 21.6 Å². The van der Waals surface area contributed by atoms with Crippen molar-refractivity contribution in [3.63, 3.8) is 0 Å². The largest absolute Gasteiger partial charge is 0.493 e. The number of benzene rings is 1. The van der Waals surface area contributed by atoms with Crippen LogP contribution in [0.5, 0.6) is 11.5 Å². The molecule has 2 atom stereocenters. The van der Waals surface area contributed by atoms with E-state index in [1.54, 1.807) is 20.1 Å². The fourth-order valence-electron chi connectivity index (χ4n) is 1.84. The van der Waals surface area contributed by atoms with Gasteiger partial charge in [0.1, 0.15) is 0 Å². The zero-order chi connectivity index (χ0) is 15.8. The molecule has 0 aliphatic rings. The van der Waals surface area contributed by atoms with E-state index < -0.39 is 6.10 Å². The Hall–Kier alpha value is -2.19. The Labute approximate surface area is 125 Å². The van der Waals surface area contributed by atoms with Crippen molar-refractivity contribution in [1.82, 2.24) is 5.32 Å². The summed E-state index contributed by atoms with van der Waals surface area (Å²) in [6.45, 7) is 3.76. The number of ether oxygens (including phenoxy) is 2. The highest BCUT2D eigenvalue weighted by molar-refractivity contribution is 5.81. The van der Waals surface area contributed by atoms with E-state index in [1.807, 2.05) is 19.1 Å². The minimum Gasteiger partial charge on any atom is -0.493 e. The SMILES string of the molecule is C#CCNC(=O)C(C)Oc1cc(CC(C)N)ccc1OC. The zero-order valence-electron chi connectivity index (χ0n) is 12.7. The van der Waals surface area contributed by atoms with E-state index in [0.29, 0.717) is 11.5 Å². The van der Waals surface area contributed by atoms with Gasteiger partial charge in [-0.2, -0.15) is 0 Å². The lowest BCUT2D eigenvalue weighted by Crippen LogP contribution is -2.36. The third-order valence-electron chi connectivity index (χ3n) is 2.82. The number of hydrogen-bond donors (Lipinski definition) is 2. The van der Waals surface area contributed by atoms with E-state index in [2.05, 4.69) is 11.2 Å². The van der Waals surface area contributed by atoms with Crippen molar-refractivity contribution in [3.05, 3.63) is 23.8 Å². The number of methoxy groups -OCH3 is 1. The van der Waals surface area contributed by atoms with Crippen molar-refractivity contribution in [1.29, 1.82) is 0 Å². The van der Waals surface area contributed by atoms with E-state index >= 15 is 0 Å². The Kier molecular flexibility index (Phi) is 6.57. The van der Waals surface area contributed by atoms with Gasteiger partial charge in [-0.25, -0.2) is 0 Å². The van der Waals surface area contributed by atoms with Crippen LogP contribution in [-0.2, 0) is 11.2 Å². The third-order valence-corrected chi connectivity index (χ3v) is 2.82. The van der Waals surface area contributed by atoms with Crippen LogP contribution < -0.4 is 20.5 Å². The van der Waals surface area contributed by atoms with Crippen molar-refractivity contribution >= 4 is 5.91 Å². The fraction of sp³-hybridized carbons (Fsp3) is 0.438. The van der Waals surface area contributed by atoms with Gasteiger partial charge >= 0.3 is 0 Å². The molecule has 2 unspecified atom stereocenters. The van der Waals surface area contributed by atoms with Crippen LogP contribution in [0.3, 0.4) is 0 Å². The molecule has 0 saturated carbocycles. The van der Waals surface area contributed by atoms with Crippen LogP contribution in [-0.4, -0.2) is 31.7 Å². The number of terminal acetylenes is 1. The Morgan fingerprint density at radius 3 is 2.71 bits per heavy atom. The van der Waals surface area contributed by atoms with Crippen LogP contribution in [0.1, 0.15) is 19.4 Å². The zero-order valence-corrected chi connectivity index (χ0v) is 12.7. The van der Waals surface area contributed by atoms with Crippen molar-refractivity contribution in [3.8, 4) is 23.8 Å². The van der Waals surface area contributed by atoms with E-state index in [1.165, 1.54) is 0 Å². The predicted octanol–water partition coefficient (Wildman–Crippen LogP) is 1.10. The number of nitrogens with one attached hydrogen (secondary N) is 1. The van der Waals surface area contributed by atoms with Crippen LogP contribution in [0.2, 0.25) is 0 Å². The Balaban J connectivity index is 2.84. The monoisotopic (exact) mass is 290 g/mol. The number of rotatable bonds is 7. The first-order chi connectivity index (χ1) is 9.97. The minimum absolute atomic E-state index is 0.0441. The quantitative estimate of drug-likeness (QED) is 0.738. The van der Waals surface area contributed by atoms with Gasteiger partial charge in [0.2, 0.25) is 0 Å². The second-order valence-corrected chi connectivity index (χ2v) is 4.85. The summed E-state index contributed by atoms with van der Waals surface area (Å²) in [5, 5.41) is 2.58. The molecule has 0 aliphatic carbocycles. The van der Waals surface area contributed by atoms with Gasteiger partial charge in [0.05, 0.1) is 13.7 Å². The van der Waals surface area contributed by atoms with Crippen LogP contribution in [0.15, 0.2) is 18.2 Å². The summed E-state index contributed by atoms with van der Waals surface area (Å²) in [7, 11) is 1.55. The Bertz CT molecular complexity index is 521.